The molecule has 1 unspecified atom stereocenters. The van der Waals surface area contributed by atoms with Crippen LogP contribution in [0.1, 0.15) is 17.2 Å². The van der Waals surface area contributed by atoms with Crippen LogP contribution in [0.5, 0.6) is 11.5 Å². The molecule has 0 heterocycles. The lowest BCUT2D eigenvalue weighted by Gasteiger charge is -2.21. The van der Waals surface area contributed by atoms with E-state index >= 15 is 0 Å². The van der Waals surface area contributed by atoms with Gasteiger partial charge in [-0.25, -0.2) is 0 Å². The molecule has 2 rings (SSSR count). The molecule has 0 fully saturated rings. The minimum atomic E-state index is -0.512. The molecule has 0 aliphatic rings. The van der Waals surface area contributed by atoms with Gasteiger partial charge < -0.3 is 19.3 Å². The second-order valence-corrected chi connectivity index (χ2v) is 5.95. The lowest BCUT2D eigenvalue weighted by molar-refractivity contribution is 0.123. The largest absolute Gasteiger partial charge is 0.493 e. The van der Waals surface area contributed by atoms with Gasteiger partial charge in [-0.05, 0) is 30.3 Å². The zero-order chi connectivity index (χ0) is 18.1. The smallest absolute Gasteiger partial charge is 0.161 e. The summed E-state index contributed by atoms with van der Waals surface area (Å²) in [5, 5.41) is 10.3. The van der Waals surface area contributed by atoms with Crippen LogP contribution in [0.15, 0.2) is 48.5 Å². The predicted molar refractivity (Wildman–Crippen MR) is 98.1 cm³/mol. The summed E-state index contributed by atoms with van der Waals surface area (Å²) < 4.78 is 16.1. The van der Waals surface area contributed by atoms with Gasteiger partial charge in [0.15, 0.2) is 11.5 Å². The van der Waals surface area contributed by atoms with Crippen LogP contribution in [0.4, 0.5) is 0 Å². The van der Waals surface area contributed by atoms with Gasteiger partial charge in [0, 0.05) is 20.2 Å². The molecule has 2 aromatic rings. The van der Waals surface area contributed by atoms with Gasteiger partial charge in [0.2, 0.25) is 0 Å². The molecule has 136 valence electrons. The second-order valence-electron chi connectivity index (χ2n) is 5.95. The summed E-state index contributed by atoms with van der Waals surface area (Å²) >= 11 is 0. The van der Waals surface area contributed by atoms with Crippen LogP contribution < -0.4 is 9.47 Å². The molecule has 0 aromatic heterocycles. The predicted octanol–water partition coefficient (Wildman–Crippen LogP) is 2.89. The highest BCUT2D eigenvalue weighted by atomic mass is 16.5. The van der Waals surface area contributed by atoms with Crippen molar-refractivity contribution in [2.24, 2.45) is 0 Å². The summed E-state index contributed by atoms with van der Waals surface area (Å²) in [6, 6.07) is 15.6. The molecular formula is C20H27NO4. The Hall–Kier alpha value is -2.08. The van der Waals surface area contributed by atoms with Gasteiger partial charge in [0.1, 0.15) is 6.61 Å². The standard InChI is InChI=1S/C20H27NO4/c1-21(15-18(22)17-7-5-4-6-8-17)14-16-9-10-19(24-3)20(13-16)25-12-11-23-2/h4-10,13,18,22H,11-12,14-15H2,1-3H3. The van der Waals surface area contributed by atoms with E-state index in [0.29, 0.717) is 37.8 Å². The molecule has 0 saturated carbocycles. The van der Waals surface area contributed by atoms with E-state index in [9.17, 15) is 5.11 Å². The molecule has 0 bridgehead atoms. The summed E-state index contributed by atoms with van der Waals surface area (Å²) in [6.45, 7) is 2.25. The third kappa shape index (κ3) is 6.05. The normalized spacial score (nSPS) is 12.2. The molecular weight excluding hydrogens is 318 g/mol. The SMILES string of the molecule is COCCOc1cc(CN(C)CC(O)c2ccccc2)ccc1OC. The Morgan fingerprint density at radius 2 is 1.76 bits per heavy atom. The summed E-state index contributed by atoms with van der Waals surface area (Å²) in [5.74, 6) is 1.40. The van der Waals surface area contributed by atoms with E-state index in [1.54, 1.807) is 14.2 Å². The van der Waals surface area contributed by atoms with Gasteiger partial charge in [-0.3, -0.25) is 4.90 Å². The molecule has 25 heavy (non-hydrogen) atoms. The Bertz CT molecular complexity index is 633. The lowest BCUT2D eigenvalue weighted by Crippen LogP contribution is -2.24. The number of nitrogens with zero attached hydrogens (tertiary/aromatic N) is 1. The van der Waals surface area contributed by atoms with Gasteiger partial charge in [-0.1, -0.05) is 36.4 Å². The highest BCUT2D eigenvalue weighted by Crippen LogP contribution is 2.28. The molecule has 0 radical (unpaired) electrons. The van der Waals surface area contributed by atoms with Gasteiger partial charge in [0.05, 0.1) is 19.8 Å². The van der Waals surface area contributed by atoms with Crippen molar-refractivity contribution in [3.63, 3.8) is 0 Å². The minimum Gasteiger partial charge on any atom is -0.493 e. The molecule has 0 aliphatic carbocycles. The summed E-state index contributed by atoms with van der Waals surface area (Å²) in [5.41, 5.74) is 2.02. The highest BCUT2D eigenvalue weighted by molar-refractivity contribution is 5.43. The number of hydrogen-bond acceptors (Lipinski definition) is 5. The van der Waals surface area contributed by atoms with Crippen molar-refractivity contribution in [3.05, 3.63) is 59.7 Å². The first-order valence-electron chi connectivity index (χ1n) is 8.34. The second kappa shape index (κ2) is 10.0. The molecule has 5 heteroatoms. The summed E-state index contributed by atoms with van der Waals surface area (Å²) in [7, 11) is 5.26. The van der Waals surface area contributed by atoms with Crippen LogP contribution in [0, 0.1) is 0 Å². The Kier molecular flexibility index (Phi) is 7.73. The number of hydrogen-bond donors (Lipinski definition) is 1. The molecule has 0 saturated heterocycles. The first-order valence-corrected chi connectivity index (χ1v) is 8.34. The van der Waals surface area contributed by atoms with Crippen molar-refractivity contribution in [3.8, 4) is 11.5 Å². The van der Waals surface area contributed by atoms with E-state index < -0.39 is 6.10 Å². The molecule has 0 aliphatic heterocycles. The molecule has 5 nitrogen and oxygen atoms in total. The van der Waals surface area contributed by atoms with Gasteiger partial charge >= 0.3 is 0 Å². The molecule has 0 amide bonds. The third-order valence-electron chi connectivity index (χ3n) is 3.89. The molecule has 2 aromatic carbocycles. The van der Waals surface area contributed by atoms with E-state index in [4.69, 9.17) is 14.2 Å². The Balaban J connectivity index is 1.97. The Morgan fingerprint density at radius 1 is 1.00 bits per heavy atom. The molecule has 1 N–H and O–H groups in total. The number of methoxy groups -OCH3 is 2. The van der Waals surface area contributed by atoms with Crippen LogP contribution in [0.25, 0.3) is 0 Å². The topological polar surface area (TPSA) is 51.2 Å². The van der Waals surface area contributed by atoms with E-state index in [1.165, 1.54) is 0 Å². The van der Waals surface area contributed by atoms with Crippen molar-refractivity contribution in [1.29, 1.82) is 0 Å². The number of ether oxygens (including phenoxy) is 3. The number of likely N-dealkylation sites (N-methyl/N-ethyl adjacent to an activating group) is 1. The fourth-order valence-corrected chi connectivity index (χ4v) is 2.62. The maximum Gasteiger partial charge on any atom is 0.161 e. The average Bonchev–Trinajstić information content (AvgIpc) is 2.63. The van der Waals surface area contributed by atoms with Crippen LogP contribution in [0.2, 0.25) is 0 Å². The first-order chi connectivity index (χ1) is 12.1. The zero-order valence-corrected chi connectivity index (χ0v) is 15.1. The fraction of sp³-hybridized carbons (Fsp3) is 0.400. The Morgan fingerprint density at radius 3 is 2.44 bits per heavy atom. The van der Waals surface area contributed by atoms with Crippen molar-refractivity contribution in [2.75, 3.05) is 41.0 Å². The van der Waals surface area contributed by atoms with Gasteiger partial charge in [0.25, 0.3) is 0 Å². The van der Waals surface area contributed by atoms with Crippen LogP contribution >= 0.6 is 0 Å². The fourth-order valence-electron chi connectivity index (χ4n) is 2.62. The maximum atomic E-state index is 10.3. The molecule has 1 atom stereocenters. The molecule has 0 spiro atoms. The van der Waals surface area contributed by atoms with E-state index in [0.717, 1.165) is 11.1 Å². The van der Waals surface area contributed by atoms with Gasteiger partial charge in [-0.15, -0.1) is 0 Å². The number of aliphatic hydroxyl groups is 1. The van der Waals surface area contributed by atoms with Crippen molar-refractivity contribution < 1.29 is 19.3 Å². The van der Waals surface area contributed by atoms with Crippen molar-refractivity contribution >= 4 is 0 Å². The van der Waals surface area contributed by atoms with Crippen molar-refractivity contribution in [1.82, 2.24) is 4.90 Å². The van der Waals surface area contributed by atoms with Crippen molar-refractivity contribution in [2.45, 2.75) is 12.6 Å². The van der Waals surface area contributed by atoms with Crippen LogP contribution in [0.3, 0.4) is 0 Å². The third-order valence-corrected chi connectivity index (χ3v) is 3.89. The number of benzene rings is 2. The lowest BCUT2D eigenvalue weighted by atomic mass is 10.1. The quantitative estimate of drug-likeness (QED) is 0.671. The summed E-state index contributed by atoms with van der Waals surface area (Å²) in [6.07, 6.45) is -0.512. The zero-order valence-electron chi connectivity index (χ0n) is 15.1. The number of aliphatic hydroxyl groups excluding tert-OH is 1. The van der Waals surface area contributed by atoms with E-state index in [1.807, 2.05) is 55.6 Å². The van der Waals surface area contributed by atoms with E-state index in [2.05, 4.69) is 4.90 Å². The Labute approximate surface area is 149 Å². The minimum absolute atomic E-state index is 0.471. The van der Waals surface area contributed by atoms with E-state index in [-0.39, 0.29) is 0 Å². The maximum absolute atomic E-state index is 10.3. The van der Waals surface area contributed by atoms with Crippen LogP contribution in [-0.2, 0) is 11.3 Å². The van der Waals surface area contributed by atoms with Gasteiger partial charge in [-0.2, -0.15) is 0 Å². The number of rotatable bonds is 10. The van der Waals surface area contributed by atoms with Crippen LogP contribution in [-0.4, -0.2) is 51.0 Å². The first kappa shape index (κ1) is 19.2. The monoisotopic (exact) mass is 345 g/mol. The summed E-state index contributed by atoms with van der Waals surface area (Å²) in [4.78, 5) is 2.08. The highest BCUT2D eigenvalue weighted by Gasteiger charge is 2.12. The average molecular weight is 345 g/mol.